The normalized spacial score (nSPS) is 14.6. The molecular formula is C38H79N2O6P. The van der Waals surface area contributed by atoms with Gasteiger partial charge in [0.1, 0.15) is 13.2 Å². The van der Waals surface area contributed by atoms with E-state index in [4.69, 9.17) is 9.05 Å². The van der Waals surface area contributed by atoms with Crippen LogP contribution in [0.25, 0.3) is 0 Å². The van der Waals surface area contributed by atoms with Crippen LogP contribution < -0.4 is 10.2 Å². The molecule has 0 aromatic rings. The van der Waals surface area contributed by atoms with Crippen LogP contribution in [-0.2, 0) is 18.4 Å². The number of aliphatic hydroxyl groups excluding tert-OH is 1. The molecule has 0 aliphatic carbocycles. The molecule has 0 spiro atoms. The van der Waals surface area contributed by atoms with E-state index in [1.165, 1.54) is 122 Å². The fourth-order valence-corrected chi connectivity index (χ4v) is 6.59. The Labute approximate surface area is 291 Å². The Morgan fingerprint density at radius 2 is 1.04 bits per heavy atom. The Bertz CT molecular complexity index is 748. The highest BCUT2D eigenvalue weighted by Gasteiger charge is 2.24. The Hall–Kier alpha value is -0.500. The minimum atomic E-state index is -4.54. The third kappa shape index (κ3) is 33.8. The van der Waals surface area contributed by atoms with E-state index in [1.54, 1.807) is 0 Å². The average Bonchev–Trinajstić information content (AvgIpc) is 3.01. The molecule has 0 aliphatic heterocycles. The lowest BCUT2D eigenvalue weighted by Crippen LogP contribution is -2.46. The highest BCUT2D eigenvalue weighted by atomic mass is 31.2. The van der Waals surface area contributed by atoms with Gasteiger partial charge in [-0.25, -0.2) is 0 Å². The van der Waals surface area contributed by atoms with Crippen LogP contribution in [0.4, 0.5) is 0 Å². The fourth-order valence-electron chi connectivity index (χ4n) is 5.86. The maximum absolute atomic E-state index is 12.6. The van der Waals surface area contributed by atoms with E-state index in [9.17, 15) is 19.4 Å². The first kappa shape index (κ1) is 46.5. The number of phosphoric ester groups is 1. The van der Waals surface area contributed by atoms with E-state index in [1.807, 2.05) is 21.1 Å². The van der Waals surface area contributed by atoms with E-state index in [-0.39, 0.29) is 19.1 Å². The number of rotatable bonds is 36. The molecule has 47 heavy (non-hydrogen) atoms. The third-order valence-electron chi connectivity index (χ3n) is 9.10. The quantitative estimate of drug-likeness (QED) is 0.0385. The van der Waals surface area contributed by atoms with E-state index in [0.29, 0.717) is 23.9 Å². The van der Waals surface area contributed by atoms with Crippen LogP contribution in [0.3, 0.4) is 0 Å². The molecule has 8 nitrogen and oxygen atoms in total. The van der Waals surface area contributed by atoms with Crippen LogP contribution >= 0.6 is 7.82 Å². The molecule has 0 aromatic carbocycles. The molecule has 9 heteroatoms. The van der Waals surface area contributed by atoms with Crippen LogP contribution in [0.1, 0.15) is 187 Å². The van der Waals surface area contributed by atoms with Crippen molar-refractivity contribution in [3.63, 3.8) is 0 Å². The van der Waals surface area contributed by atoms with Gasteiger partial charge in [0.15, 0.2) is 0 Å². The van der Waals surface area contributed by atoms with Gasteiger partial charge in [0.25, 0.3) is 7.82 Å². The van der Waals surface area contributed by atoms with Gasteiger partial charge in [-0.05, 0) is 12.8 Å². The lowest BCUT2D eigenvalue weighted by Gasteiger charge is -2.30. The van der Waals surface area contributed by atoms with E-state index in [2.05, 4.69) is 19.2 Å². The molecule has 0 aliphatic rings. The zero-order chi connectivity index (χ0) is 35.1. The fraction of sp³-hybridized carbons (Fsp3) is 0.974. The zero-order valence-corrected chi connectivity index (χ0v) is 32.6. The van der Waals surface area contributed by atoms with Gasteiger partial charge in [-0.15, -0.1) is 0 Å². The van der Waals surface area contributed by atoms with E-state index < -0.39 is 20.0 Å². The largest absolute Gasteiger partial charge is 0.756 e. The monoisotopic (exact) mass is 691 g/mol. The van der Waals surface area contributed by atoms with Gasteiger partial charge < -0.3 is 28.8 Å². The SMILES string of the molecule is CCCCCCCCCCCCCCCCCCCCCC(O)C(COP(=O)([O-])OCC[N+](C)(C)C)NC(=O)CCCCCCCC. The van der Waals surface area contributed by atoms with Gasteiger partial charge in [-0.1, -0.05) is 168 Å². The van der Waals surface area contributed by atoms with Crippen molar-refractivity contribution in [2.75, 3.05) is 40.9 Å². The van der Waals surface area contributed by atoms with Crippen LogP contribution in [-0.4, -0.2) is 68.5 Å². The number of carbonyl (C=O) groups is 1. The first-order valence-electron chi connectivity index (χ1n) is 19.9. The first-order valence-corrected chi connectivity index (χ1v) is 21.3. The number of quaternary nitrogens is 1. The molecule has 0 saturated carbocycles. The average molecular weight is 691 g/mol. The number of hydrogen-bond donors (Lipinski definition) is 2. The predicted octanol–water partition coefficient (Wildman–Crippen LogP) is 9.61. The van der Waals surface area contributed by atoms with Crippen molar-refractivity contribution in [3.8, 4) is 0 Å². The Kier molecular flexibility index (Phi) is 31.1. The molecule has 1 amide bonds. The number of aliphatic hydroxyl groups is 1. The third-order valence-corrected chi connectivity index (χ3v) is 10.1. The van der Waals surface area contributed by atoms with Gasteiger partial charge in [-0.2, -0.15) is 0 Å². The summed E-state index contributed by atoms with van der Waals surface area (Å²) in [6.45, 7) is 4.66. The maximum Gasteiger partial charge on any atom is 0.268 e. The number of phosphoric acid groups is 1. The van der Waals surface area contributed by atoms with E-state index >= 15 is 0 Å². The number of nitrogens with one attached hydrogen (secondary N) is 1. The minimum absolute atomic E-state index is 0.0151. The lowest BCUT2D eigenvalue weighted by atomic mass is 10.0. The summed E-state index contributed by atoms with van der Waals surface area (Å²) in [5, 5.41) is 13.8. The molecule has 0 rings (SSSR count). The van der Waals surface area contributed by atoms with Crippen molar-refractivity contribution in [1.29, 1.82) is 0 Å². The van der Waals surface area contributed by atoms with Crippen LogP contribution in [0, 0.1) is 0 Å². The first-order chi connectivity index (χ1) is 22.5. The zero-order valence-electron chi connectivity index (χ0n) is 31.8. The van der Waals surface area contributed by atoms with Gasteiger partial charge in [0, 0.05) is 6.42 Å². The van der Waals surface area contributed by atoms with Crippen molar-refractivity contribution in [2.45, 2.75) is 199 Å². The minimum Gasteiger partial charge on any atom is -0.756 e. The number of nitrogens with zero attached hydrogens (tertiary/aromatic N) is 1. The Balaban J connectivity index is 4.21. The summed E-state index contributed by atoms with van der Waals surface area (Å²) in [4.78, 5) is 25.0. The Morgan fingerprint density at radius 3 is 1.45 bits per heavy atom. The molecule has 0 bridgehead atoms. The van der Waals surface area contributed by atoms with Gasteiger partial charge >= 0.3 is 0 Å². The van der Waals surface area contributed by atoms with Crippen molar-refractivity contribution < 1.29 is 32.9 Å². The number of carbonyl (C=O) groups excluding carboxylic acids is 1. The second-order valence-corrected chi connectivity index (χ2v) is 16.4. The van der Waals surface area contributed by atoms with Crippen LogP contribution in [0.15, 0.2) is 0 Å². The molecule has 2 N–H and O–H groups in total. The van der Waals surface area contributed by atoms with Crippen molar-refractivity contribution in [1.82, 2.24) is 5.32 Å². The molecule has 0 fully saturated rings. The van der Waals surface area contributed by atoms with Gasteiger partial charge in [0.2, 0.25) is 5.91 Å². The van der Waals surface area contributed by atoms with E-state index in [0.717, 1.165) is 38.5 Å². The summed E-state index contributed by atoms with van der Waals surface area (Å²) in [7, 11) is 1.31. The highest BCUT2D eigenvalue weighted by Crippen LogP contribution is 2.38. The standard InChI is InChI=1S/C38H79N2O6P/c1-6-8-10-12-14-15-16-17-18-19-20-21-22-23-24-25-26-27-29-31-37(41)36(39-38(42)32-30-28-13-11-9-7-2)35-46-47(43,44)45-34-33-40(3,4)5/h36-37,41H,6-35H2,1-5H3,(H-,39,42,43,44). The second-order valence-electron chi connectivity index (χ2n) is 15.0. The molecule has 282 valence electrons. The molecule has 0 radical (unpaired) electrons. The van der Waals surface area contributed by atoms with Crippen molar-refractivity contribution in [3.05, 3.63) is 0 Å². The highest BCUT2D eigenvalue weighted by molar-refractivity contribution is 7.45. The summed E-state index contributed by atoms with van der Waals surface area (Å²) in [5.41, 5.74) is 0. The molecule has 0 heterocycles. The lowest BCUT2D eigenvalue weighted by molar-refractivity contribution is -0.870. The smallest absolute Gasteiger partial charge is 0.268 e. The van der Waals surface area contributed by atoms with Crippen molar-refractivity contribution in [2.24, 2.45) is 0 Å². The topological polar surface area (TPSA) is 108 Å². The summed E-state index contributed by atoms with van der Waals surface area (Å²) in [5.74, 6) is -0.173. The predicted molar refractivity (Wildman–Crippen MR) is 196 cm³/mol. The second kappa shape index (κ2) is 31.5. The molecule has 0 saturated heterocycles. The van der Waals surface area contributed by atoms with Crippen LogP contribution in [0.5, 0.6) is 0 Å². The molecular weight excluding hydrogens is 611 g/mol. The number of hydrogen-bond acceptors (Lipinski definition) is 6. The summed E-state index contributed by atoms with van der Waals surface area (Å²) < 4.78 is 23.1. The summed E-state index contributed by atoms with van der Waals surface area (Å²) in [6.07, 6.45) is 31.3. The molecule has 3 unspecified atom stereocenters. The summed E-state index contributed by atoms with van der Waals surface area (Å²) >= 11 is 0. The number of unbranched alkanes of at least 4 members (excludes halogenated alkanes) is 23. The molecule has 3 atom stereocenters. The van der Waals surface area contributed by atoms with Gasteiger partial charge in [-0.3, -0.25) is 9.36 Å². The van der Waals surface area contributed by atoms with Gasteiger partial charge in [0.05, 0.1) is 39.9 Å². The summed E-state index contributed by atoms with van der Waals surface area (Å²) in [6, 6.07) is -0.789. The maximum atomic E-state index is 12.6. The van der Waals surface area contributed by atoms with Crippen molar-refractivity contribution >= 4 is 13.7 Å². The Morgan fingerprint density at radius 1 is 0.660 bits per heavy atom. The number of likely N-dealkylation sites (N-methyl/N-ethyl adjacent to an activating group) is 1. The number of amides is 1. The molecule has 0 aromatic heterocycles. The van der Waals surface area contributed by atoms with Crippen LogP contribution in [0.2, 0.25) is 0 Å².